The summed E-state index contributed by atoms with van der Waals surface area (Å²) in [4.78, 5) is 0. The van der Waals surface area contributed by atoms with E-state index in [0.29, 0.717) is 0 Å². The fourth-order valence-electron chi connectivity index (χ4n) is 12.1. The van der Waals surface area contributed by atoms with E-state index in [2.05, 4.69) is 158 Å². The number of hydrogen-bond acceptors (Lipinski definition) is 0. The molecule has 66 heavy (non-hydrogen) atoms. The summed E-state index contributed by atoms with van der Waals surface area (Å²) in [5.74, 6) is -0.490. The average molecular weight is 841 g/mol. The Kier molecular flexibility index (Phi) is 7.11. The molecule has 0 fully saturated rings. The highest BCUT2D eigenvalue weighted by molar-refractivity contribution is 6.42. The molecule has 13 aromatic rings. The summed E-state index contributed by atoms with van der Waals surface area (Å²) < 4.78 is 29.1. The van der Waals surface area contributed by atoms with Crippen LogP contribution in [0.5, 0.6) is 0 Å². The molecule has 2 aliphatic carbocycles. The van der Waals surface area contributed by atoms with E-state index in [1.54, 1.807) is 24.3 Å². The molecule has 0 N–H and O–H groups in total. The molecule has 0 radical (unpaired) electrons. The van der Waals surface area contributed by atoms with Gasteiger partial charge in [-0.2, -0.15) is 0 Å². The second kappa shape index (κ2) is 13.1. The van der Waals surface area contributed by atoms with Crippen molar-refractivity contribution in [3.8, 4) is 89.0 Å². The first-order valence-corrected chi connectivity index (χ1v) is 22.6. The minimum Gasteiger partial charge on any atom is -0.207 e. The molecule has 0 saturated carbocycles. The zero-order valence-electron chi connectivity index (χ0n) is 35.4. The molecule has 0 spiro atoms. The minimum atomic E-state index is -0.248. The fourth-order valence-corrected chi connectivity index (χ4v) is 12.1. The number of hydrogen-bond donors (Lipinski definition) is 0. The predicted octanol–water partition coefficient (Wildman–Crippen LogP) is 18.3. The van der Waals surface area contributed by atoms with Crippen molar-refractivity contribution in [2.24, 2.45) is 0 Å². The first kappa shape index (κ1) is 35.9. The molecule has 0 amide bonds. The molecule has 0 heterocycles. The van der Waals surface area contributed by atoms with Crippen LogP contribution in [0, 0.1) is 11.6 Å². The van der Waals surface area contributed by atoms with Gasteiger partial charge in [-0.05, 0) is 190 Å². The summed E-state index contributed by atoms with van der Waals surface area (Å²) in [6, 6.07) is 72.1. The Bertz CT molecular complexity index is 4220. The summed E-state index contributed by atoms with van der Waals surface area (Å²) in [5, 5.41) is 14.7. The SMILES string of the molecule is Fc1ccc(-c2ccc(-c3ccccc3)c3c2-c2ccc4c5ccc6c7c(ccc(c8ccc-3c2c48)c75)-c2c-6c(-c3ccccc3)c3cc4ccccc4cc3c2-c2ccc(F)cc2)cc1. The van der Waals surface area contributed by atoms with E-state index in [1.165, 1.54) is 126 Å². The van der Waals surface area contributed by atoms with Gasteiger partial charge in [0.2, 0.25) is 0 Å². The van der Waals surface area contributed by atoms with E-state index >= 15 is 0 Å². The summed E-state index contributed by atoms with van der Waals surface area (Å²) in [7, 11) is 0. The first-order valence-electron chi connectivity index (χ1n) is 22.6. The molecule has 0 bridgehead atoms. The van der Waals surface area contributed by atoms with E-state index in [-0.39, 0.29) is 11.6 Å². The standard InChI is InChI=1S/C64H34F2/c65-41-19-15-36(16-20-41)44-24-23-43(35-9-3-1-4-10-35)57-49-29-25-45-48-28-32-52-62-51(31-27-47(60(48)62)46-26-30-50(58(44)57)61(49)59(45)46)63-55(37-11-5-2-6-12-37)53-33-39-13-7-8-14-40(39)34-54(53)56(64(52)63)38-17-21-42(66)22-18-38/h1-34H. The lowest BCUT2D eigenvalue weighted by Gasteiger charge is -2.21. The zero-order chi connectivity index (χ0) is 43.4. The number of benzene rings is 13. The van der Waals surface area contributed by atoms with Gasteiger partial charge >= 0.3 is 0 Å². The topological polar surface area (TPSA) is 0 Å². The third kappa shape index (κ3) is 4.70. The summed E-state index contributed by atoms with van der Waals surface area (Å²) in [6.07, 6.45) is 0. The lowest BCUT2D eigenvalue weighted by molar-refractivity contribution is 0.627. The average Bonchev–Trinajstić information content (AvgIpc) is 3.89. The molecule has 0 aromatic heterocycles. The smallest absolute Gasteiger partial charge is 0.123 e. The van der Waals surface area contributed by atoms with Gasteiger partial charge < -0.3 is 0 Å². The van der Waals surface area contributed by atoms with E-state index in [9.17, 15) is 8.78 Å². The van der Waals surface area contributed by atoms with Crippen molar-refractivity contribution in [3.05, 3.63) is 218 Å². The lowest BCUT2D eigenvalue weighted by atomic mass is 9.82. The van der Waals surface area contributed by atoms with Crippen LogP contribution in [0.3, 0.4) is 0 Å². The second-order valence-corrected chi connectivity index (χ2v) is 18.0. The lowest BCUT2D eigenvalue weighted by Crippen LogP contribution is -1.94. The van der Waals surface area contributed by atoms with Gasteiger partial charge in [0.15, 0.2) is 0 Å². The Morgan fingerprint density at radius 3 is 0.985 bits per heavy atom. The Labute approximate surface area is 378 Å². The maximum absolute atomic E-state index is 14.8. The molecule has 0 unspecified atom stereocenters. The highest BCUT2D eigenvalue weighted by atomic mass is 19.1. The van der Waals surface area contributed by atoms with Crippen LogP contribution in [0.25, 0.3) is 154 Å². The molecular weight excluding hydrogens is 807 g/mol. The number of halogens is 2. The van der Waals surface area contributed by atoms with E-state index in [4.69, 9.17) is 0 Å². The van der Waals surface area contributed by atoms with E-state index in [0.717, 1.165) is 27.6 Å². The Morgan fingerprint density at radius 2 is 0.545 bits per heavy atom. The first-order chi connectivity index (χ1) is 32.6. The van der Waals surface area contributed by atoms with Crippen molar-refractivity contribution in [3.63, 3.8) is 0 Å². The molecule has 13 aromatic carbocycles. The molecular formula is C64H34F2. The summed E-state index contributed by atoms with van der Waals surface area (Å²) in [6.45, 7) is 0. The Morgan fingerprint density at radius 1 is 0.212 bits per heavy atom. The Hall–Kier alpha value is -8.46. The van der Waals surface area contributed by atoms with Crippen molar-refractivity contribution < 1.29 is 8.78 Å². The molecule has 2 heteroatoms. The summed E-state index contributed by atoms with van der Waals surface area (Å²) >= 11 is 0. The van der Waals surface area contributed by atoms with Gasteiger partial charge in [-0.25, -0.2) is 8.78 Å². The normalized spacial score (nSPS) is 12.4. The number of fused-ring (bicyclic) bond motifs is 10. The van der Waals surface area contributed by atoms with Crippen LogP contribution < -0.4 is 0 Å². The van der Waals surface area contributed by atoms with Gasteiger partial charge in [-0.15, -0.1) is 0 Å². The largest absolute Gasteiger partial charge is 0.207 e. The molecule has 0 nitrogen and oxygen atoms in total. The van der Waals surface area contributed by atoms with Crippen LogP contribution >= 0.6 is 0 Å². The molecule has 0 saturated heterocycles. The van der Waals surface area contributed by atoms with Crippen molar-refractivity contribution in [2.75, 3.05) is 0 Å². The van der Waals surface area contributed by atoms with Crippen LogP contribution in [-0.4, -0.2) is 0 Å². The Balaban J connectivity index is 1.07. The van der Waals surface area contributed by atoms with Gasteiger partial charge in [0, 0.05) is 0 Å². The van der Waals surface area contributed by atoms with Gasteiger partial charge in [0.1, 0.15) is 11.6 Å². The molecule has 0 aliphatic heterocycles. The maximum atomic E-state index is 14.8. The van der Waals surface area contributed by atoms with E-state index < -0.39 is 0 Å². The van der Waals surface area contributed by atoms with Crippen LogP contribution in [0.1, 0.15) is 0 Å². The molecule has 0 atom stereocenters. The molecule has 304 valence electrons. The summed E-state index contributed by atoms with van der Waals surface area (Å²) in [5.41, 5.74) is 18.6. The quantitative estimate of drug-likeness (QED) is 0.122. The van der Waals surface area contributed by atoms with Crippen LogP contribution in [0.4, 0.5) is 8.78 Å². The van der Waals surface area contributed by atoms with Crippen LogP contribution in [0.15, 0.2) is 206 Å². The molecule has 15 rings (SSSR count). The van der Waals surface area contributed by atoms with E-state index in [1.807, 2.05) is 24.3 Å². The van der Waals surface area contributed by atoms with Crippen molar-refractivity contribution in [2.45, 2.75) is 0 Å². The molecule has 2 aliphatic rings. The number of rotatable bonds is 4. The third-order valence-electron chi connectivity index (χ3n) is 14.8. The second-order valence-electron chi connectivity index (χ2n) is 18.0. The van der Waals surface area contributed by atoms with Crippen molar-refractivity contribution in [1.29, 1.82) is 0 Å². The van der Waals surface area contributed by atoms with Gasteiger partial charge in [-0.3, -0.25) is 0 Å². The maximum Gasteiger partial charge on any atom is 0.123 e. The highest BCUT2D eigenvalue weighted by Crippen LogP contribution is 2.62. The van der Waals surface area contributed by atoms with Gasteiger partial charge in [-0.1, -0.05) is 170 Å². The minimum absolute atomic E-state index is 0.242. The van der Waals surface area contributed by atoms with Gasteiger partial charge in [0.25, 0.3) is 0 Å². The predicted molar refractivity (Wildman–Crippen MR) is 273 cm³/mol. The zero-order valence-corrected chi connectivity index (χ0v) is 35.4. The van der Waals surface area contributed by atoms with Crippen LogP contribution in [-0.2, 0) is 0 Å². The van der Waals surface area contributed by atoms with Crippen LogP contribution in [0.2, 0.25) is 0 Å². The van der Waals surface area contributed by atoms with Crippen molar-refractivity contribution >= 4 is 64.6 Å². The monoisotopic (exact) mass is 840 g/mol. The fraction of sp³-hybridized carbons (Fsp3) is 0. The van der Waals surface area contributed by atoms with Crippen molar-refractivity contribution in [1.82, 2.24) is 0 Å². The third-order valence-corrected chi connectivity index (χ3v) is 14.8. The van der Waals surface area contributed by atoms with Gasteiger partial charge in [0.05, 0.1) is 0 Å². The highest BCUT2D eigenvalue weighted by Gasteiger charge is 2.34.